The Hall–Kier alpha value is -6.81. The van der Waals surface area contributed by atoms with Crippen molar-refractivity contribution in [1.29, 1.82) is 0 Å². The summed E-state index contributed by atoms with van der Waals surface area (Å²) in [5.41, 5.74) is 9.54. The van der Waals surface area contributed by atoms with E-state index in [0.29, 0.717) is 106 Å². The van der Waals surface area contributed by atoms with Gasteiger partial charge < -0.3 is 57.7 Å². The van der Waals surface area contributed by atoms with E-state index in [2.05, 4.69) is 45.0 Å². The number of methoxy groups -OCH3 is 3. The van der Waals surface area contributed by atoms with Gasteiger partial charge in [-0.1, -0.05) is 50.2 Å². The molecule has 0 N–H and O–H groups in total. The van der Waals surface area contributed by atoms with Gasteiger partial charge >= 0.3 is 0 Å². The first-order valence-corrected chi connectivity index (χ1v) is 25.5. The fraction of sp³-hybridized carbons (Fsp3) is 0.431. The topological polar surface area (TPSA) is 132 Å². The monoisotopic (exact) mass is 996 g/mol. The van der Waals surface area contributed by atoms with Gasteiger partial charge in [-0.15, -0.1) is 0 Å². The summed E-state index contributed by atoms with van der Waals surface area (Å²) in [7, 11) is 8.86. The third-order valence-corrected chi connectivity index (χ3v) is 14.4. The lowest BCUT2D eigenvalue weighted by molar-refractivity contribution is -0.121. The molecule has 2 amide bonds. The van der Waals surface area contributed by atoms with Gasteiger partial charge in [-0.05, 0) is 84.0 Å². The Morgan fingerprint density at radius 2 is 1.10 bits per heavy atom. The highest BCUT2D eigenvalue weighted by Gasteiger charge is 2.41. The van der Waals surface area contributed by atoms with Crippen molar-refractivity contribution in [1.82, 2.24) is 0 Å². The van der Waals surface area contributed by atoms with Gasteiger partial charge in [-0.2, -0.15) is 0 Å². The van der Waals surface area contributed by atoms with Crippen LogP contribution in [0.1, 0.15) is 69.7 Å². The summed E-state index contributed by atoms with van der Waals surface area (Å²) in [6.45, 7) is 9.02. The highest BCUT2D eigenvalue weighted by Crippen LogP contribution is 2.44. The Kier molecular flexibility index (Phi) is 16.1. The highest BCUT2D eigenvalue weighted by atomic mass is 16.5. The van der Waals surface area contributed by atoms with Crippen molar-refractivity contribution in [2.45, 2.75) is 64.8 Å². The molecule has 0 spiro atoms. The van der Waals surface area contributed by atoms with Crippen molar-refractivity contribution in [2.75, 3.05) is 119 Å². The number of rotatable bonds is 23. The van der Waals surface area contributed by atoms with Crippen molar-refractivity contribution in [2.24, 2.45) is 5.92 Å². The van der Waals surface area contributed by atoms with Crippen LogP contribution in [-0.4, -0.2) is 124 Å². The molecule has 15 nitrogen and oxygen atoms in total. The largest absolute Gasteiger partial charge is 0.493 e. The summed E-state index contributed by atoms with van der Waals surface area (Å²) < 4.78 is 42.1. The summed E-state index contributed by atoms with van der Waals surface area (Å²) in [6, 6.07) is 29.9. The third kappa shape index (κ3) is 11.1. The predicted octanol–water partition coefficient (Wildman–Crippen LogP) is 8.40. The lowest BCUT2D eigenvalue weighted by Crippen LogP contribution is -2.41. The first-order valence-electron chi connectivity index (χ1n) is 25.5. The normalized spacial score (nSPS) is 16.5. The van der Waals surface area contributed by atoms with Gasteiger partial charge in [0.15, 0.2) is 23.0 Å². The zero-order valence-electron chi connectivity index (χ0n) is 43.3. The number of ketones is 1. The van der Waals surface area contributed by atoms with Crippen molar-refractivity contribution < 1.29 is 47.5 Å². The van der Waals surface area contributed by atoms with E-state index >= 15 is 0 Å². The summed E-state index contributed by atoms with van der Waals surface area (Å²) in [5, 5.41) is 0. The van der Waals surface area contributed by atoms with Gasteiger partial charge in [0.2, 0.25) is 0 Å². The number of ether oxygens (including phenoxy) is 7. The Labute approximate surface area is 429 Å². The van der Waals surface area contributed by atoms with Crippen molar-refractivity contribution in [3.63, 3.8) is 0 Å². The molecule has 0 saturated heterocycles. The molecule has 386 valence electrons. The summed E-state index contributed by atoms with van der Waals surface area (Å²) >= 11 is 0. The number of carbonyl (C=O) groups is 3. The molecule has 2 atom stereocenters. The number of amides is 2. The van der Waals surface area contributed by atoms with E-state index in [1.807, 2.05) is 86.3 Å². The molecular formula is C58H69N5O10. The maximum absolute atomic E-state index is 14.4. The highest BCUT2D eigenvalue weighted by molar-refractivity contribution is 6.13. The maximum Gasteiger partial charge on any atom is 0.260 e. The van der Waals surface area contributed by atoms with Crippen LogP contribution in [0.25, 0.3) is 0 Å². The molecular weight excluding hydrogens is 927 g/mol. The van der Waals surface area contributed by atoms with Crippen LogP contribution in [-0.2, 0) is 45.1 Å². The molecule has 5 aromatic rings. The van der Waals surface area contributed by atoms with Gasteiger partial charge in [0.25, 0.3) is 11.8 Å². The van der Waals surface area contributed by atoms with E-state index < -0.39 is 0 Å². The second-order valence-electron chi connectivity index (χ2n) is 19.6. The van der Waals surface area contributed by atoms with E-state index in [4.69, 9.17) is 33.2 Å². The van der Waals surface area contributed by atoms with Gasteiger partial charge in [0.1, 0.15) is 19.0 Å². The van der Waals surface area contributed by atoms with E-state index in [1.54, 1.807) is 33.5 Å². The van der Waals surface area contributed by atoms with Crippen LogP contribution in [0, 0.1) is 5.92 Å². The lowest BCUT2D eigenvalue weighted by atomic mass is 10.0. The second kappa shape index (κ2) is 22.9. The van der Waals surface area contributed by atoms with E-state index in [9.17, 15) is 14.4 Å². The van der Waals surface area contributed by atoms with Crippen LogP contribution in [0.5, 0.6) is 23.0 Å². The summed E-state index contributed by atoms with van der Waals surface area (Å²) in [6.07, 6.45) is 2.69. The fourth-order valence-corrected chi connectivity index (χ4v) is 10.6. The number of fused-ring (bicyclic) bond motifs is 8. The number of anilines is 5. The maximum atomic E-state index is 14.4. The van der Waals surface area contributed by atoms with Gasteiger partial charge in [-0.3, -0.25) is 14.4 Å². The second-order valence-corrected chi connectivity index (χ2v) is 19.6. The molecule has 4 aliphatic rings. The van der Waals surface area contributed by atoms with Crippen molar-refractivity contribution >= 4 is 46.0 Å². The number of hydrogen-bond acceptors (Lipinski definition) is 13. The van der Waals surface area contributed by atoms with Crippen LogP contribution in [0.4, 0.5) is 28.4 Å². The molecule has 0 bridgehead atoms. The van der Waals surface area contributed by atoms with E-state index in [1.165, 1.54) is 11.1 Å². The standard InChI is InChI=1S/C58H69N5O10/c1-38(2)52(64)17-12-18-61(19-20-70-23-24-71-22-21-67-5)43-26-39(36-72-55-32-50-46(30-53(55)68-6)57(65)62-44(34-59(50)3)28-41-13-8-10-15-48(41)62)25-40(27-43)37-73-56-33-51-47(31-54(56)69-7)58(66)63-45(35-60(51)4)29-42-14-9-11-16-49(42)63/h8-11,13-16,25-27,30-33,38,44-45H,12,17-24,28-29,34-37H2,1-7H3/t44-,45-/m0/s1. The van der Waals surface area contributed by atoms with Crippen LogP contribution < -0.4 is 43.4 Å². The fourth-order valence-electron chi connectivity index (χ4n) is 10.6. The molecule has 15 heteroatoms. The minimum Gasteiger partial charge on any atom is -0.493 e. The van der Waals surface area contributed by atoms with Crippen LogP contribution >= 0.6 is 0 Å². The minimum absolute atomic E-state index is 0.00263. The number of carbonyl (C=O) groups excluding carboxylic acids is 3. The molecule has 5 aromatic carbocycles. The van der Waals surface area contributed by atoms with E-state index in [0.717, 1.165) is 52.4 Å². The smallest absolute Gasteiger partial charge is 0.260 e. The zero-order valence-corrected chi connectivity index (χ0v) is 43.3. The van der Waals surface area contributed by atoms with Gasteiger partial charge in [0.05, 0.1) is 81.8 Å². The minimum atomic E-state index is -0.0651. The number of nitrogens with zero attached hydrogens (tertiary/aromatic N) is 5. The Bertz CT molecular complexity index is 2640. The molecule has 0 aliphatic carbocycles. The summed E-state index contributed by atoms with van der Waals surface area (Å²) in [5.74, 6) is 1.97. The average Bonchev–Trinajstić information content (AvgIpc) is 3.90. The number of likely N-dealkylation sites (N-methyl/N-ethyl adjacent to an activating group) is 2. The van der Waals surface area contributed by atoms with Crippen LogP contribution in [0.3, 0.4) is 0 Å². The Balaban J connectivity index is 1.01. The number of para-hydroxylation sites is 2. The molecule has 0 saturated carbocycles. The average molecular weight is 996 g/mol. The third-order valence-electron chi connectivity index (χ3n) is 14.4. The van der Waals surface area contributed by atoms with Crippen molar-refractivity contribution in [3.05, 3.63) is 124 Å². The van der Waals surface area contributed by atoms with Gasteiger partial charge in [0, 0.05) is 88.9 Å². The first kappa shape index (κ1) is 51.1. The molecule has 0 aromatic heterocycles. The van der Waals surface area contributed by atoms with Crippen LogP contribution in [0.15, 0.2) is 91.0 Å². The van der Waals surface area contributed by atoms with Gasteiger partial charge in [-0.25, -0.2) is 0 Å². The molecule has 4 heterocycles. The quantitative estimate of drug-likeness (QED) is 0.0581. The lowest BCUT2D eigenvalue weighted by Gasteiger charge is -2.27. The molecule has 73 heavy (non-hydrogen) atoms. The summed E-state index contributed by atoms with van der Waals surface area (Å²) in [4.78, 5) is 51.9. The van der Waals surface area contributed by atoms with E-state index in [-0.39, 0.29) is 48.8 Å². The van der Waals surface area contributed by atoms with Crippen molar-refractivity contribution in [3.8, 4) is 23.0 Å². The Morgan fingerprint density at radius 3 is 1.59 bits per heavy atom. The first-order chi connectivity index (χ1) is 35.5. The molecule has 0 unspecified atom stereocenters. The molecule has 4 aliphatic heterocycles. The van der Waals surface area contributed by atoms with Crippen LogP contribution in [0.2, 0.25) is 0 Å². The predicted molar refractivity (Wildman–Crippen MR) is 284 cm³/mol. The molecule has 0 radical (unpaired) electrons. The molecule has 0 fully saturated rings. The Morgan fingerprint density at radius 1 is 0.603 bits per heavy atom. The molecule has 9 rings (SSSR count). The number of Topliss-reactive ketones (excluding diaryl/α,β-unsaturated/α-hetero) is 1. The number of hydrogen-bond donors (Lipinski definition) is 0. The SMILES string of the molecule is COCCOCCOCCN(CCCC(=O)C(C)C)c1cc(COc2cc3c(cc2OC)C(=O)N2c4ccccc4C[C@H]2CN3C)cc(COc2cc3c(cc2OC)C(=O)N2c4ccccc4C[C@H]2CN3C)c1. The number of benzene rings is 5. The zero-order chi connectivity index (χ0) is 51.2.